The molecule has 0 spiro atoms. The molecule has 8 heteroatoms. The normalized spacial score (nSPS) is 13.9. The highest BCUT2D eigenvalue weighted by Gasteiger charge is 2.22. The largest absolute Gasteiger partial charge is 0.493 e. The first-order chi connectivity index (χ1) is 15.1. The molecule has 162 valence electrons. The van der Waals surface area contributed by atoms with E-state index in [1.807, 2.05) is 12.1 Å². The van der Waals surface area contributed by atoms with Crippen molar-refractivity contribution in [2.24, 2.45) is 0 Å². The Labute approximate surface area is 188 Å². The molecule has 0 unspecified atom stereocenters. The average Bonchev–Trinajstić information content (AvgIpc) is 2.82. The minimum absolute atomic E-state index is 0.660. The average molecular weight is 438 g/mol. The Morgan fingerprint density at radius 2 is 1.77 bits per heavy atom. The Kier molecular flexibility index (Phi) is 6.36. The number of methoxy groups -OCH3 is 2. The van der Waals surface area contributed by atoms with Gasteiger partial charge in [0.1, 0.15) is 12.1 Å². The Balaban J connectivity index is 1.47. The second kappa shape index (κ2) is 9.34. The van der Waals surface area contributed by atoms with Crippen LogP contribution >= 0.6 is 12.2 Å². The predicted molar refractivity (Wildman–Crippen MR) is 128 cm³/mol. The number of rotatable bonds is 5. The van der Waals surface area contributed by atoms with Crippen LogP contribution in [0.3, 0.4) is 0 Å². The van der Waals surface area contributed by atoms with Gasteiger partial charge in [0.05, 0.1) is 19.7 Å². The lowest BCUT2D eigenvalue weighted by Gasteiger charge is -2.37. The van der Waals surface area contributed by atoms with E-state index < -0.39 is 0 Å². The van der Waals surface area contributed by atoms with E-state index in [-0.39, 0.29) is 0 Å². The quantitative estimate of drug-likeness (QED) is 0.606. The van der Waals surface area contributed by atoms with Crippen LogP contribution in [-0.2, 0) is 6.42 Å². The highest BCUT2D eigenvalue weighted by molar-refractivity contribution is 7.80. The Hall–Kier alpha value is -3.13. The van der Waals surface area contributed by atoms with Gasteiger partial charge in [0.15, 0.2) is 16.6 Å². The SMILES string of the molecule is CCc1cccc(NC(=S)N2CCN(c3ncnc4cc(OC)c(OC)cc34)CC2)c1. The van der Waals surface area contributed by atoms with E-state index in [2.05, 4.69) is 56.3 Å². The second-order valence-electron chi connectivity index (χ2n) is 7.38. The number of nitrogens with one attached hydrogen (secondary N) is 1. The van der Waals surface area contributed by atoms with E-state index >= 15 is 0 Å². The zero-order chi connectivity index (χ0) is 21.8. The van der Waals surface area contributed by atoms with Crippen LogP contribution in [-0.4, -0.2) is 60.4 Å². The first-order valence-electron chi connectivity index (χ1n) is 10.4. The van der Waals surface area contributed by atoms with Crippen LogP contribution in [0.25, 0.3) is 10.9 Å². The molecule has 31 heavy (non-hydrogen) atoms. The van der Waals surface area contributed by atoms with Gasteiger partial charge in [0.2, 0.25) is 0 Å². The van der Waals surface area contributed by atoms with Gasteiger partial charge >= 0.3 is 0 Å². The van der Waals surface area contributed by atoms with E-state index in [4.69, 9.17) is 21.7 Å². The third kappa shape index (κ3) is 4.49. The molecule has 0 saturated carbocycles. The maximum absolute atomic E-state index is 5.67. The van der Waals surface area contributed by atoms with Crippen molar-refractivity contribution in [3.8, 4) is 11.5 Å². The predicted octanol–water partition coefficient (Wildman–Crippen LogP) is 3.73. The topological polar surface area (TPSA) is 62.8 Å². The molecule has 0 amide bonds. The number of anilines is 2. The molecule has 1 aliphatic heterocycles. The van der Waals surface area contributed by atoms with E-state index in [9.17, 15) is 0 Å². The number of hydrogen-bond donors (Lipinski definition) is 1. The van der Waals surface area contributed by atoms with Gasteiger partial charge < -0.3 is 24.6 Å². The van der Waals surface area contributed by atoms with Crippen LogP contribution < -0.4 is 19.7 Å². The fourth-order valence-electron chi connectivity index (χ4n) is 3.81. The number of ether oxygens (including phenoxy) is 2. The van der Waals surface area contributed by atoms with Crippen LogP contribution in [0, 0.1) is 0 Å². The molecule has 3 aromatic rings. The molecule has 0 radical (unpaired) electrons. The van der Waals surface area contributed by atoms with Crippen LogP contribution in [0.15, 0.2) is 42.7 Å². The zero-order valence-electron chi connectivity index (χ0n) is 18.1. The summed E-state index contributed by atoms with van der Waals surface area (Å²) in [5.74, 6) is 2.23. The van der Waals surface area contributed by atoms with Gasteiger partial charge in [-0.25, -0.2) is 9.97 Å². The highest BCUT2D eigenvalue weighted by Crippen LogP contribution is 2.34. The highest BCUT2D eigenvalue weighted by atomic mass is 32.1. The molecule has 1 aromatic heterocycles. The molecule has 1 fully saturated rings. The van der Waals surface area contributed by atoms with Gasteiger partial charge in [-0.05, 0) is 42.4 Å². The third-order valence-corrected chi connectivity index (χ3v) is 5.93. The van der Waals surface area contributed by atoms with Crippen molar-refractivity contribution in [3.63, 3.8) is 0 Å². The van der Waals surface area contributed by atoms with Gasteiger partial charge in [0.25, 0.3) is 0 Å². The molecule has 0 atom stereocenters. The standard InChI is InChI=1S/C23H27N5O2S/c1-4-16-6-5-7-17(12-16)26-23(31)28-10-8-27(9-11-28)22-18-13-20(29-2)21(30-3)14-19(18)24-15-25-22/h5-7,12-15H,4,8-11H2,1-3H3,(H,26,31). The van der Waals surface area contributed by atoms with Gasteiger partial charge in [-0.15, -0.1) is 0 Å². The summed E-state index contributed by atoms with van der Waals surface area (Å²) in [7, 11) is 3.26. The third-order valence-electron chi connectivity index (χ3n) is 5.57. The first kappa shape index (κ1) is 21.1. The molecule has 1 aliphatic rings. The maximum atomic E-state index is 5.67. The number of benzene rings is 2. The van der Waals surface area contributed by atoms with Gasteiger partial charge in [-0.3, -0.25) is 0 Å². The monoisotopic (exact) mass is 437 g/mol. The number of nitrogens with zero attached hydrogens (tertiary/aromatic N) is 4. The second-order valence-corrected chi connectivity index (χ2v) is 7.77. The van der Waals surface area contributed by atoms with Crippen molar-refractivity contribution in [2.45, 2.75) is 13.3 Å². The molecule has 7 nitrogen and oxygen atoms in total. The molecule has 1 N–H and O–H groups in total. The lowest BCUT2D eigenvalue weighted by molar-refractivity contribution is 0.355. The summed E-state index contributed by atoms with van der Waals surface area (Å²) in [5.41, 5.74) is 3.16. The van der Waals surface area contributed by atoms with Crippen molar-refractivity contribution in [3.05, 3.63) is 48.3 Å². The van der Waals surface area contributed by atoms with E-state index in [0.717, 1.165) is 60.1 Å². The number of thiocarbonyl (C=S) groups is 1. The number of piperazine rings is 1. The minimum Gasteiger partial charge on any atom is -0.493 e. The zero-order valence-corrected chi connectivity index (χ0v) is 18.9. The molecule has 4 rings (SSSR count). The lowest BCUT2D eigenvalue weighted by Crippen LogP contribution is -2.50. The van der Waals surface area contributed by atoms with Crippen LogP contribution in [0.2, 0.25) is 0 Å². The van der Waals surface area contributed by atoms with E-state index in [0.29, 0.717) is 11.5 Å². The van der Waals surface area contributed by atoms with Crippen molar-refractivity contribution in [1.29, 1.82) is 0 Å². The number of aromatic nitrogens is 2. The van der Waals surface area contributed by atoms with Crippen molar-refractivity contribution >= 4 is 39.7 Å². The molecule has 1 saturated heterocycles. The molecule has 0 bridgehead atoms. The summed E-state index contributed by atoms with van der Waals surface area (Å²) in [6, 6.07) is 12.2. The number of aryl methyl sites for hydroxylation is 1. The summed E-state index contributed by atoms with van der Waals surface area (Å²) in [6.45, 7) is 5.42. The van der Waals surface area contributed by atoms with Gasteiger partial charge in [-0.2, -0.15) is 0 Å². The van der Waals surface area contributed by atoms with Gasteiger partial charge in [-0.1, -0.05) is 19.1 Å². The first-order valence-corrected chi connectivity index (χ1v) is 10.8. The summed E-state index contributed by atoms with van der Waals surface area (Å²) in [4.78, 5) is 13.5. The fourth-order valence-corrected chi connectivity index (χ4v) is 4.11. The lowest BCUT2D eigenvalue weighted by atomic mass is 10.1. The maximum Gasteiger partial charge on any atom is 0.173 e. The van der Waals surface area contributed by atoms with E-state index in [1.54, 1.807) is 20.5 Å². The van der Waals surface area contributed by atoms with Crippen molar-refractivity contribution < 1.29 is 9.47 Å². The van der Waals surface area contributed by atoms with E-state index in [1.165, 1.54) is 5.56 Å². The van der Waals surface area contributed by atoms with Crippen LogP contribution in [0.4, 0.5) is 11.5 Å². The Morgan fingerprint density at radius 3 is 2.48 bits per heavy atom. The van der Waals surface area contributed by atoms with Crippen molar-refractivity contribution in [1.82, 2.24) is 14.9 Å². The summed E-state index contributed by atoms with van der Waals surface area (Å²) in [5, 5.41) is 5.09. The minimum atomic E-state index is 0.660. The molecular formula is C23H27N5O2S. The molecule has 2 heterocycles. The van der Waals surface area contributed by atoms with Crippen molar-refractivity contribution in [2.75, 3.05) is 50.6 Å². The summed E-state index contributed by atoms with van der Waals surface area (Å²) in [6.07, 6.45) is 2.60. The number of hydrogen-bond acceptors (Lipinski definition) is 6. The molecule has 2 aromatic carbocycles. The molecular weight excluding hydrogens is 410 g/mol. The Morgan fingerprint density at radius 1 is 1.03 bits per heavy atom. The molecule has 0 aliphatic carbocycles. The van der Waals surface area contributed by atoms with Crippen LogP contribution in [0.5, 0.6) is 11.5 Å². The number of fused-ring (bicyclic) bond motifs is 1. The van der Waals surface area contributed by atoms with Gasteiger partial charge in [0, 0.05) is 43.3 Å². The fraction of sp³-hybridized carbons (Fsp3) is 0.348. The Bertz CT molecular complexity index is 1080. The van der Waals surface area contributed by atoms with Crippen LogP contribution in [0.1, 0.15) is 12.5 Å². The summed E-state index contributed by atoms with van der Waals surface area (Å²) >= 11 is 5.67. The smallest absolute Gasteiger partial charge is 0.173 e. The summed E-state index contributed by atoms with van der Waals surface area (Å²) < 4.78 is 10.9.